The fraction of sp³-hybridized carbons (Fsp3) is 0.346. The second-order valence-corrected chi connectivity index (χ2v) is 11.2. The number of hydrogen-bond acceptors (Lipinski definition) is 6. The number of fused-ring (bicyclic) bond motifs is 1. The maximum absolute atomic E-state index is 12.7. The Bertz CT molecular complexity index is 1370. The number of nitrogens with one attached hydrogen (secondary N) is 3. The largest absolute Gasteiger partial charge is 0.352 e. The first-order valence-electron chi connectivity index (χ1n) is 12.2. The quantitative estimate of drug-likeness (QED) is 0.396. The minimum Gasteiger partial charge on any atom is -0.352 e. The molecule has 3 aromatic rings. The van der Waals surface area contributed by atoms with Crippen molar-refractivity contribution >= 4 is 44.5 Å². The molecule has 0 aliphatic carbocycles. The average molecular weight is 544 g/mol. The van der Waals surface area contributed by atoms with E-state index in [4.69, 9.17) is 11.6 Å². The van der Waals surface area contributed by atoms with Crippen LogP contribution in [0.1, 0.15) is 42.1 Å². The molecule has 2 heterocycles. The second-order valence-electron chi connectivity index (χ2n) is 9.06. The van der Waals surface area contributed by atoms with Crippen LogP contribution in [0.2, 0.25) is 5.02 Å². The van der Waals surface area contributed by atoms with Gasteiger partial charge in [0.25, 0.3) is 15.9 Å². The molecule has 1 saturated heterocycles. The first-order chi connectivity index (χ1) is 17.7. The molecule has 1 aliphatic heterocycles. The Kier molecular flexibility index (Phi) is 8.63. The zero-order valence-corrected chi connectivity index (χ0v) is 22.1. The summed E-state index contributed by atoms with van der Waals surface area (Å²) < 4.78 is 27.3. The van der Waals surface area contributed by atoms with Gasteiger partial charge in [0.05, 0.1) is 16.0 Å². The molecule has 4 rings (SSSR count). The normalized spacial score (nSPS) is 14.9. The number of halogens is 1. The van der Waals surface area contributed by atoms with Gasteiger partial charge in [0.2, 0.25) is 0 Å². The highest BCUT2D eigenvalue weighted by molar-refractivity contribution is 7.90. The maximum atomic E-state index is 12.7. The highest BCUT2D eigenvalue weighted by Gasteiger charge is 2.22. The number of amides is 3. The summed E-state index contributed by atoms with van der Waals surface area (Å²) in [5, 5.41) is 5.83. The summed E-state index contributed by atoms with van der Waals surface area (Å²) in [4.78, 5) is 29.2. The molecule has 0 bridgehead atoms. The van der Waals surface area contributed by atoms with Crippen LogP contribution < -0.4 is 15.5 Å². The van der Waals surface area contributed by atoms with Crippen molar-refractivity contribution in [2.24, 2.45) is 5.92 Å². The van der Waals surface area contributed by atoms with E-state index in [-0.39, 0.29) is 10.8 Å². The number of sulfonamides is 1. The number of benzene rings is 2. The van der Waals surface area contributed by atoms with Crippen LogP contribution in [0.4, 0.5) is 4.79 Å². The number of hydrogen-bond donors (Lipinski definition) is 3. The van der Waals surface area contributed by atoms with Gasteiger partial charge in [-0.15, -0.1) is 0 Å². The molecule has 0 saturated carbocycles. The summed E-state index contributed by atoms with van der Waals surface area (Å²) in [7, 11) is -4.02. The van der Waals surface area contributed by atoms with Crippen molar-refractivity contribution in [3.05, 3.63) is 70.9 Å². The third kappa shape index (κ3) is 6.97. The van der Waals surface area contributed by atoms with Gasteiger partial charge < -0.3 is 5.32 Å². The van der Waals surface area contributed by atoms with Gasteiger partial charge in [-0.3, -0.25) is 15.2 Å². The van der Waals surface area contributed by atoms with Gasteiger partial charge in [0.1, 0.15) is 0 Å². The standard InChI is InChI=1S/C26H30ClN5O4S/c1-2-18-10-14-32(15-11-18)30-26(34)31-37(35,36)22-7-5-19(6-8-22)9-13-29-25(33)23-17-21(27)16-20-4-3-12-28-24(20)23/h3-8,12,16-18H,2,9-11,13-15H2,1H3,(H,29,33)(H2,30,31,34). The number of hydrazine groups is 1. The van der Waals surface area contributed by atoms with E-state index in [2.05, 4.69) is 27.4 Å². The highest BCUT2D eigenvalue weighted by atomic mass is 35.5. The van der Waals surface area contributed by atoms with Crippen molar-refractivity contribution in [1.82, 2.24) is 25.5 Å². The summed E-state index contributed by atoms with van der Waals surface area (Å²) >= 11 is 6.15. The number of urea groups is 1. The van der Waals surface area contributed by atoms with E-state index >= 15 is 0 Å². The van der Waals surface area contributed by atoms with Crippen LogP contribution in [-0.2, 0) is 16.4 Å². The molecule has 0 radical (unpaired) electrons. The maximum Gasteiger partial charge on any atom is 0.343 e. The van der Waals surface area contributed by atoms with E-state index < -0.39 is 16.1 Å². The number of pyridine rings is 1. The molecule has 0 atom stereocenters. The molecule has 0 spiro atoms. The number of rotatable bonds is 8. The van der Waals surface area contributed by atoms with Crippen molar-refractivity contribution in [2.45, 2.75) is 37.5 Å². The van der Waals surface area contributed by atoms with Crippen molar-refractivity contribution in [3.63, 3.8) is 0 Å². The predicted octanol–water partition coefficient (Wildman–Crippen LogP) is 3.89. The first kappa shape index (κ1) is 26.8. The number of aromatic nitrogens is 1. The SMILES string of the molecule is CCC1CCN(NC(=O)NS(=O)(=O)c2ccc(CCNC(=O)c3cc(Cl)cc4cccnc34)cc2)CC1. The third-order valence-electron chi connectivity index (χ3n) is 6.53. The summed E-state index contributed by atoms with van der Waals surface area (Å²) in [5.41, 5.74) is 4.41. The zero-order valence-electron chi connectivity index (χ0n) is 20.5. The van der Waals surface area contributed by atoms with Crippen LogP contribution in [0.3, 0.4) is 0 Å². The summed E-state index contributed by atoms with van der Waals surface area (Å²) in [5.74, 6) is 0.352. The van der Waals surface area contributed by atoms with Crippen LogP contribution in [-0.4, -0.2) is 50.0 Å². The van der Waals surface area contributed by atoms with Gasteiger partial charge in [0, 0.05) is 36.2 Å². The average Bonchev–Trinajstić information content (AvgIpc) is 2.88. The van der Waals surface area contributed by atoms with Gasteiger partial charge in [-0.1, -0.05) is 43.1 Å². The number of carbonyl (C=O) groups is 2. The van der Waals surface area contributed by atoms with Gasteiger partial charge in [-0.2, -0.15) is 0 Å². The summed E-state index contributed by atoms with van der Waals surface area (Å²) in [6.45, 7) is 3.87. The summed E-state index contributed by atoms with van der Waals surface area (Å²) in [6.07, 6.45) is 5.15. The lowest BCUT2D eigenvalue weighted by Crippen LogP contribution is -2.51. The van der Waals surface area contributed by atoms with Gasteiger partial charge >= 0.3 is 6.03 Å². The minimum atomic E-state index is -4.02. The van der Waals surface area contributed by atoms with Gasteiger partial charge in [0.15, 0.2) is 0 Å². The van der Waals surface area contributed by atoms with E-state index in [0.29, 0.717) is 48.1 Å². The minimum absolute atomic E-state index is 0.0170. The van der Waals surface area contributed by atoms with Crippen molar-refractivity contribution in [3.8, 4) is 0 Å². The van der Waals surface area contributed by atoms with Crippen molar-refractivity contribution < 1.29 is 18.0 Å². The number of nitrogens with zero attached hydrogens (tertiary/aromatic N) is 2. The molecule has 0 unspecified atom stereocenters. The molecule has 37 heavy (non-hydrogen) atoms. The fourth-order valence-corrected chi connectivity index (χ4v) is 5.51. The van der Waals surface area contributed by atoms with E-state index in [1.165, 1.54) is 12.1 Å². The molecular weight excluding hydrogens is 514 g/mol. The lowest BCUT2D eigenvalue weighted by Gasteiger charge is -2.31. The van der Waals surface area contributed by atoms with Gasteiger partial charge in [-0.25, -0.2) is 22.9 Å². The Hall–Kier alpha value is -3.21. The van der Waals surface area contributed by atoms with E-state index in [1.807, 2.05) is 6.07 Å². The molecule has 1 fully saturated rings. The van der Waals surface area contributed by atoms with Crippen LogP contribution in [0, 0.1) is 5.92 Å². The molecule has 3 N–H and O–H groups in total. The topological polar surface area (TPSA) is 121 Å². The van der Waals surface area contributed by atoms with Crippen LogP contribution in [0.15, 0.2) is 59.6 Å². The fourth-order valence-electron chi connectivity index (χ4n) is 4.38. The zero-order chi connectivity index (χ0) is 26.4. The lowest BCUT2D eigenvalue weighted by atomic mass is 9.95. The van der Waals surface area contributed by atoms with E-state index in [1.54, 1.807) is 41.5 Å². The predicted molar refractivity (Wildman–Crippen MR) is 143 cm³/mol. The number of piperidine rings is 1. The monoisotopic (exact) mass is 543 g/mol. The molecule has 11 heteroatoms. The molecule has 3 amide bonds. The highest BCUT2D eigenvalue weighted by Crippen LogP contribution is 2.22. The Morgan fingerprint density at radius 1 is 1.11 bits per heavy atom. The van der Waals surface area contributed by atoms with Crippen LogP contribution in [0.5, 0.6) is 0 Å². The number of carbonyl (C=O) groups excluding carboxylic acids is 2. The Balaban J connectivity index is 1.29. The van der Waals surface area contributed by atoms with E-state index in [9.17, 15) is 18.0 Å². The van der Waals surface area contributed by atoms with E-state index in [0.717, 1.165) is 30.2 Å². The first-order valence-corrected chi connectivity index (χ1v) is 14.1. The van der Waals surface area contributed by atoms with Crippen LogP contribution >= 0.6 is 11.6 Å². The molecule has 9 nitrogen and oxygen atoms in total. The molecule has 1 aromatic heterocycles. The lowest BCUT2D eigenvalue weighted by molar-refractivity contribution is 0.0955. The third-order valence-corrected chi connectivity index (χ3v) is 8.09. The molecule has 1 aliphatic rings. The van der Waals surface area contributed by atoms with Crippen molar-refractivity contribution in [2.75, 3.05) is 19.6 Å². The second kappa shape index (κ2) is 11.9. The smallest absolute Gasteiger partial charge is 0.343 e. The Morgan fingerprint density at radius 2 is 1.84 bits per heavy atom. The molecule has 2 aromatic carbocycles. The molecule has 196 valence electrons. The summed E-state index contributed by atoms with van der Waals surface area (Å²) in [6, 6.07) is 12.4. The van der Waals surface area contributed by atoms with Crippen molar-refractivity contribution in [1.29, 1.82) is 0 Å². The van der Waals surface area contributed by atoms with Gasteiger partial charge in [-0.05, 0) is 61.1 Å². The molecular formula is C26H30ClN5O4S. The Labute approximate surface area is 221 Å². The van der Waals surface area contributed by atoms with Crippen LogP contribution in [0.25, 0.3) is 10.9 Å². The Morgan fingerprint density at radius 3 is 2.54 bits per heavy atom.